The van der Waals surface area contributed by atoms with Crippen molar-refractivity contribution in [2.24, 2.45) is 5.92 Å². The van der Waals surface area contributed by atoms with Crippen LogP contribution >= 0.6 is 11.3 Å². The van der Waals surface area contributed by atoms with Crippen molar-refractivity contribution in [2.45, 2.75) is 52.6 Å². The van der Waals surface area contributed by atoms with Crippen molar-refractivity contribution < 1.29 is 9.53 Å². The Kier molecular flexibility index (Phi) is 6.24. The van der Waals surface area contributed by atoms with E-state index in [0.29, 0.717) is 24.3 Å². The molecule has 0 unspecified atom stereocenters. The van der Waals surface area contributed by atoms with Gasteiger partial charge in [-0.3, -0.25) is 4.79 Å². The van der Waals surface area contributed by atoms with Crippen molar-refractivity contribution >= 4 is 17.2 Å². The molecule has 0 aliphatic carbocycles. The molecule has 3 nitrogen and oxygen atoms in total. The smallest absolute Gasteiger partial charge is 0.222 e. The molecule has 0 bridgehead atoms. The summed E-state index contributed by atoms with van der Waals surface area (Å²) in [5.74, 6) is 0.877. The molecule has 1 aromatic rings. The van der Waals surface area contributed by atoms with Gasteiger partial charge in [0, 0.05) is 35.9 Å². The predicted molar refractivity (Wildman–Crippen MR) is 87.8 cm³/mol. The molecule has 2 rings (SSSR count). The summed E-state index contributed by atoms with van der Waals surface area (Å²) in [6.45, 7) is 8.99. The minimum atomic E-state index is 0.295. The van der Waals surface area contributed by atoms with Crippen LogP contribution in [0.5, 0.6) is 0 Å². The van der Waals surface area contributed by atoms with Crippen LogP contribution in [-0.2, 0) is 16.0 Å². The average Bonchev–Trinajstić information content (AvgIpc) is 2.89. The molecule has 0 aromatic carbocycles. The van der Waals surface area contributed by atoms with Crippen molar-refractivity contribution in [3.8, 4) is 0 Å². The minimum Gasteiger partial charge on any atom is -0.378 e. The van der Waals surface area contributed by atoms with E-state index in [1.54, 1.807) is 11.3 Å². The largest absolute Gasteiger partial charge is 0.378 e. The van der Waals surface area contributed by atoms with Crippen molar-refractivity contribution in [3.63, 3.8) is 0 Å². The maximum absolute atomic E-state index is 12.2. The van der Waals surface area contributed by atoms with E-state index in [1.165, 1.54) is 9.75 Å². The molecule has 1 amide bonds. The highest BCUT2D eigenvalue weighted by molar-refractivity contribution is 7.11. The standard InChI is InChI=1S/C17H27NO2S/c1-13(2)12-20-15-8-10-18(11-9-15)17(19)7-6-16-5-4-14(3)21-16/h4-5,13,15H,6-12H2,1-3H3. The second-order valence-corrected chi connectivity index (χ2v) is 7.69. The van der Waals surface area contributed by atoms with Crippen LogP contribution in [0, 0.1) is 12.8 Å². The van der Waals surface area contributed by atoms with Gasteiger partial charge in [0.25, 0.3) is 0 Å². The van der Waals surface area contributed by atoms with Gasteiger partial charge in [0.2, 0.25) is 5.91 Å². The molecule has 1 aliphatic heterocycles. The SMILES string of the molecule is Cc1ccc(CCC(=O)N2CCC(OCC(C)C)CC2)s1. The van der Waals surface area contributed by atoms with E-state index in [2.05, 4.69) is 32.9 Å². The first-order valence-electron chi connectivity index (χ1n) is 7.99. The van der Waals surface area contributed by atoms with Crippen LogP contribution < -0.4 is 0 Å². The van der Waals surface area contributed by atoms with Gasteiger partial charge in [-0.15, -0.1) is 11.3 Å². The lowest BCUT2D eigenvalue weighted by Crippen LogP contribution is -2.41. The third-order valence-corrected chi connectivity index (χ3v) is 4.90. The van der Waals surface area contributed by atoms with Gasteiger partial charge in [-0.2, -0.15) is 0 Å². The average molecular weight is 309 g/mol. The summed E-state index contributed by atoms with van der Waals surface area (Å²) >= 11 is 1.80. The maximum Gasteiger partial charge on any atom is 0.222 e. The van der Waals surface area contributed by atoms with Gasteiger partial charge in [0.15, 0.2) is 0 Å². The number of likely N-dealkylation sites (tertiary alicyclic amines) is 1. The summed E-state index contributed by atoms with van der Waals surface area (Å²) in [4.78, 5) is 16.9. The molecule has 0 atom stereocenters. The topological polar surface area (TPSA) is 29.5 Å². The molecule has 21 heavy (non-hydrogen) atoms. The molecule has 1 aromatic heterocycles. The summed E-state index contributed by atoms with van der Waals surface area (Å²) in [7, 11) is 0. The van der Waals surface area contributed by atoms with Crippen molar-refractivity contribution in [3.05, 3.63) is 21.9 Å². The zero-order valence-corrected chi connectivity index (χ0v) is 14.2. The second kappa shape index (κ2) is 7.95. The van der Waals surface area contributed by atoms with Gasteiger partial charge < -0.3 is 9.64 Å². The van der Waals surface area contributed by atoms with E-state index in [4.69, 9.17) is 4.74 Å². The molecule has 1 fully saturated rings. The molecule has 0 spiro atoms. The third-order valence-electron chi connectivity index (χ3n) is 3.84. The van der Waals surface area contributed by atoms with E-state index < -0.39 is 0 Å². The molecule has 0 saturated carbocycles. The third kappa shape index (κ3) is 5.44. The number of hydrogen-bond donors (Lipinski definition) is 0. The number of nitrogens with zero attached hydrogens (tertiary/aromatic N) is 1. The number of carbonyl (C=O) groups excluding carboxylic acids is 1. The quantitative estimate of drug-likeness (QED) is 0.802. The number of hydrogen-bond acceptors (Lipinski definition) is 3. The molecule has 118 valence electrons. The number of thiophene rings is 1. The number of piperidine rings is 1. The normalized spacial score (nSPS) is 16.7. The highest BCUT2D eigenvalue weighted by Crippen LogP contribution is 2.19. The molecule has 0 radical (unpaired) electrons. The Bertz CT molecular complexity index is 447. The van der Waals surface area contributed by atoms with Crippen LogP contribution in [0.2, 0.25) is 0 Å². The molecular weight excluding hydrogens is 282 g/mol. The van der Waals surface area contributed by atoms with Gasteiger partial charge in [0.05, 0.1) is 6.10 Å². The first-order chi connectivity index (χ1) is 10.0. The van der Waals surface area contributed by atoms with Crippen molar-refractivity contribution in [1.82, 2.24) is 4.90 Å². The van der Waals surface area contributed by atoms with E-state index in [-0.39, 0.29) is 0 Å². The Hall–Kier alpha value is -0.870. The molecule has 2 heterocycles. The summed E-state index contributed by atoms with van der Waals surface area (Å²) in [5, 5.41) is 0. The zero-order chi connectivity index (χ0) is 15.2. The number of aryl methyl sites for hydroxylation is 2. The van der Waals surface area contributed by atoms with Gasteiger partial charge >= 0.3 is 0 Å². The van der Waals surface area contributed by atoms with Gasteiger partial charge in [0.1, 0.15) is 0 Å². The van der Waals surface area contributed by atoms with Crippen LogP contribution in [0.1, 0.15) is 42.9 Å². The highest BCUT2D eigenvalue weighted by Gasteiger charge is 2.23. The molecular formula is C17H27NO2S. The summed E-state index contributed by atoms with van der Waals surface area (Å²) in [6.07, 6.45) is 3.82. The van der Waals surface area contributed by atoms with Gasteiger partial charge in [-0.05, 0) is 44.2 Å². The van der Waals surface area contributed by atoms with Crippen LogP contribution in [0.15, 0.2) is 12.1 Å². The summed E-state index contributed by atoms with van der Waals surface area (Å²) < 4.78 is 5.87. The lowest BCUT2D eigenvalue weighted by atomic mass is 10.1. The number of rotatable bonds is 6. The molecule has 4 heteroatoms. The Labute approximate surface area is 132 Å². The van der Waals surface area contributed by atoms with Gasteiger partial charge in [-0.1, -0.05) is 13.8 Å². The Morgan fingerprint density at radius 2 is 2.10 bits per heavy atom. The molecule has 1 aliphatic rings. The number of carbonyl (C=O) groups is 1. The van der Waals surface area contributed by atoms with E-state index >= 15 is 0 Å². The van der Waals surface area contributed by atoms with Crippen molar-refractivity contribution in [1.29, 1.82) is 0 Å². The second-order valence-electron chi connectivity index (χ2n) is 6.32. The predicted octanol–water partition coefficient (Wildman–Crippen LogP) is 3.65. The summed E-state index contributed by atoms with van der Waals surface area (Å²) in [5.41, 5.74) is 0. The lowest BCUT2D eigenvalue weighted by molar-refractivity contribution is -0.133. The molecule has 0 N–H and O–H groups in total. The Morgan fingerprint density at radius 3 is 2.67 bits per heavy atom. The fourth-order valence-electron chi connectivity index (χ4n) is 2.61. The first kappa shape index (κ1) is 16.5. The lowest BCUT2D eigenvalue weighted by Gasteiger charge is -2.32. The zero-order valence-electron chi connectivity index (χ0n) is 13.4. The monoisotopic (exact) mass is 309 g/mol. The van der Waals surface area contributed by atoms with E-state index in [0.717, 1.165) is 39.0 Å². The Morgan fingerprint density at radius 1 is 1.38 bits per heavy atom. The summed E-state index contributed by atoms with van der Waals surface area (Å²) in [6, 6.07) is 4.27. The Balaban J connectivity index is 1.68. The van der Waals surface area contributed by atoms with Crippen LogP contribution in [-0.4, -0.2) is 36.6 Å². The first-order valence-corrected chi connectivity index (χ1v) is 8.81. The fraction of sp³-hybridized carbons (Fsp3) is 0.706. The van der Waals surface area contributed by atoms with E-state index in [1.807, 2.05) is 4.90 Å². The minimum absolute atomic E-state index is 0.295. The molecule has 1 saturated heterocycles. The van der Waals surface area contributed by atoms with Crippen molar-refractivity contribution in [2.75, 3.05) is 19.7 Å². The fourth-order valence-corrected chi connectivity index (χ4v) is 3.50. The van der Waals surface area contributed by atoms with Crippen LogP contribution in [0.3, 0.4) is 0 Å². The van der Waals surface area contributed by atoms with E-state index in [9.17, 15) is 4.79 Å². The maximum atomic E-state index is 12.2. The highest BCUT2D eigenvalue weighted by atomic mass is 32.1. The number of amides is 1. The van der Waals surface area contributed by atoms with Crippen LogP contribution in [0.4, 0.5) is 0 Å². The van der Waals surface area contributed by atoms with Crippen LogP contribution in [0.25, 0.3) is 0 Å². The van der Waals surface area contributed by atoms with Gasteiger partial charge in [-0.25, -0.2) is 0 Å². The number of ether oxygens (including phenoxy) is 1.